The number of nitrogens with zero attached hydrogens (tertiary/aromatic N) is 5. The monoisotopic (exact) mass is 522 g/mol. The minimum atomic E-state index is -0.478. The van der Waals surface area contributed by atoms with E-state index in [2.05, 4.69) is 11.4 Å². The van der Waals surface area contributed by atoms with Crippen molar-refractivity contribution in [3.05, 3.63) is 83.4 Å². The number of fused-ring (bicyclic) bond motifs is 2. The van der Waals surface area contributed by atoms with Crippen LogP contribution in [-0.4, -0.2) is 44.2 Å². The molecule has 0 saturated carbocycles. The molecule has 5 aromatic rings. The lowest BCUT2D eigenvalue weighted by Crippen LogP contribution is -2.06. The molecule has 0 aliphatic carbocycles. The number of pyridine rings is 2. The van der Waals surface area contributed by atoms with Crippen molar-refractivity contribution in [1.29, 1.82) is 5.26 Å². The zero-order chi connectivity index (χ0) is 27.5. The molecule has 0 aliphatic rings. The minimum Gasteiger partial charge on any atom is -0.493 e. The second kappa shape index (κ2) is 10.7. The van der Waals surface area contributed by atoms with Crippen LogP contribution in [0.25, 0.3) is 22.6 Å². The van der Waals surface area contributed by atoms with E-state index in [-0.39, 0.29) is 11.6 Å². The summed E-state index contributed by atoms with van der Waals surface area (Å²) in [5.41, 5.74) is 4.09. The average Bonchev–Trinajstić information content (AvgIpc) is 3.52. The van der Waals surface area contributed by atoms with Crippen LogP contribution in [-0.2, 0) is 11.3 Å². The van der Waals surface area contributed by atoms with Gasteiger partial charge < -0.3 is 14.8 Å². The third-order valence-electron chi connectivity index (χ3n) is 6.21. The highest BCUT2D eigenvalue weighted by atomic mass is 16.5. The summed E-state index contributed by atoms with van der Waals surface area (Å²) in [6.45, 7) is 4.46. The molecule has 10 heteroatoms. The van der Waals surface area contributed by atoms with E-state index in [0.29, 0.717) is 58.4 Å². The molecule has 10 nitrogen and oxygen atoms in total. The normalized spacial score (nSPS) is 10.9. The number of ether oxygens (including phenoxy) is 2. The largest absolute Gasteiger partial charge is 0.493 e. The molecule has 4 aromatic heterocycles. The molecule has 0 unspecified atom stereocenters. The van der Waals surface area contributed by atoms with Crippen LogP contribution in [0.4, 0.5) is 5.82 Å². The van der Waals surface area contributed by atoms with Crippen molar-refractivity contribution in [2.45, 2.75) is 26.8 Å². The number of nitriles is 1. The molecule has 0 atom stereocenters. The predicted molar refractivity (Wildman–Crippen MR) is 145 cm³/mol. The fourth-order valence-corrected chi connectivity index (χ4v) is 4.30. The third kappa shape index (κ3) is 4.90. The topological polar surface area (TPSA) is 123 Å². The Morgan fingerprint density at radius 3 is 2.54 bits per heavy atom. The number of ketones is 1. The number of anilines is 1. The lowest BCUT2D eigenvalue weighted by atomic mass is 10.1. The number of Topliss-reactive ketones (excluding diaryl/α,β-unsaturated/α-hetero) is 1. The van der Waals surface area contributed by atoms with Crippen LogP contribution < -0.4 is 10.1 Å². The third-order valence-corrected chi connectivity index (χ3v) is 6.21. The molecule has 1 N–H and O–H groups in total. The molecule has 0 amide bonds. The maximum Gasteiger partial charge on any atom is 0.339 e. The molecular formula is C29H26N6O4. The molecule has 0 bridgehead atoms. The van der Waals surface area contributed by atoms with Crippen LogP contribution in [0.3, 0.4) is 0 Å². The predicted octanol–water partition coefficient (Wildman–Crippen LogP) is 4.91. The standard InChI is InChI=1S/C29H26N6O4/c1-4-13-39-22-11-12-34-23(14-22)25(33-27(34)18(2)36)26-28(31-16-20-7-5-19(15-30)6-8-20)35-17-21(29(37)38-3)9-10-24(35)32-26/h5-12,14,17,31H,4,13,16H2,1-3H3. The van der Waals surface area contributed by atoms with Crippen molar-refractivity contribution < 1.29 is 19.1 Å². The number of nitrogens with one attached hydrogen (secondary N) is 1. The molecule has 0 spiro atoms. The van der Waals surface area contributed by atoms with Gasteiger partial charge in [0.1, 0.15) is 28.6 Å². The van der Waals surface area contributed by atoms with Crippen LogP contribution in [0.15, 0.2) is 60.9 Å². The fraction of sp³-hybridized carbons (Fsp3) is 0.207. The van der Waals surface area contributed by atoms with E-state index in [1.165, 1.54) is 14.0 Å². The smallest absolute Gasteiger partial charge is 0.339 e. The van der Waals surface area contributed by atoms with Crippen LogP contribution in [0.1, 0.15) is 52.4 Å². The van der Waals surface area contributed by atoms with Crippen LogP contribution in [0.2, 0.25) is 0 Å². The Labute approximate surface area is 224 Å². The highest BCUT2D eigenvalue weighted by Crippen LogP contribution is 2.34. The maximum atomic E-state index is 12.5. The van der Waals surface area contributed by atoms with Gasteiger partial charge in [0.2, 0.25) is 0 Å². The Morgan fingerprint density at radius 1 is 1.05 bits per heavy atom. The van der Waals surface area contributed by atoms with E-state index in [1.807, 2.05) is 25.1 Å². The zero-order valence-corrected chi connectivity index (χ0v) is 21.8. The van der Waals surface area contributed by atoms with Gasteiger partial charge >= 0.3 is 5.97 Å². The number of carbonyl (C=O) groups is 2. The summed E-state index contributed by atoms with van der Waals surface area (Å²) in [6, 6.07) is 16.4. The van der Waals surface area contributed by atoms with Gasteiger partial charge in [0.25, 0.3) is 0 Å². The Bertz CT molecular complexity index is 1740. The Hall–Kier alpha value is -5.17. The molecular weight excluding hydrogens is 496 g/mol. The van der Waals surface area contributed by atoms with Gasteiger partial charge in [-0.25, -0.2) is 14.8 Å². The molecule has 5 rings (SSSR count). The summed E-state index contributed by atoms with van der Waals surface area (Å²) in [5, 5.41) is 12.5. The van der Waals surface area contributed by atoms with Crippen molar-refractivity contribution in [1.82, 2.24) is 18.8 Å². The lowest BCUT2D eigenvalue weighted by Gasteiger charge is -2.10. The van der Waals surface area contributed by atoms with E-state index < -0.39 is 5.97 Å². The van der Waals surface area contributed by atoms with Gasteiger partial charge in [-0.1, -0.05) is 19.1 Å². The second-order valence-electron chi connectivity index (χ2n) is 8.92. The van der Waals surface area contributed by atoms with Crippen LogP contribution in [0, 0.1) is 11.3 Å². The van der Waals surface area contributed by atoms with Crippen molar-refractivity contribution in [2.24, 2.45) is 0 Å². The molecule has 4 heterocycles. The summed E-state index contributed by atoms with van der Waals surface area (Å²) >= 11 is 0. The maximum absolute atomic E-state index is 12.5. The first-order chi connectivity index (χ1) is 18.9. The number of hydrogen-bond acceptors (Lipinski definition) is 8. The first-order valence-corrected chi connectivity index (χ1v) is 12.4. The second-order valence-corrected chi connectivity index (χ2v) is 8.92. The number of aromatic nitrogens is 4. The number of imidazole rings is 2. The van der Waals surface area contributed by atoms with Gasteiger partial charge in [-0.05, 0) is 42.3 Å². The Balaban J connectivity index is 1.69. The Kier molecular flexibility index (Phi) is 6.97. The first kappa shape index (κ1) is 25.5. The summed E-state index contributed by atoms with van der Waals surface area (Å²) < 4.78 is 14.3. The highest BCUT2D eigenvalue weighted by molar-refractivity contribution is 5.96. The SMILES string of the molecule is CCCOc1ccn2c(C(C)=O)nc(-c3nc4ccc(C(=O)OC)cn4c3NCc3ccc(C#N)cc3)c2c1. The number of esters is 1. The van der Waals surface area contributed by atoms with E-state index >= 15 is 0 Å². The van der Waals surface area contributed by atoms with Crippen molar-refractivity contribution >= 4 is 28.7 Å². The molecule has 39 heavy (non-hydrogen) atoms. The van der Waals surface area contributed by atoms with Gasteiger partial charge in [-0.2, -0.15) is 5.26 Å². The van der Waals surface area contributed by atoms with Crippen LogP contribution in [0.5, 0.6) is 5.75 Å². The number of hydrogen-bond donors (Lipinski definition) is 1. The summed E-state index contributed by atoms with van der Waals surface area (Å²) in [4.78, 5) is 34.3. The number of carbonyl (C=O) groups excluding carboxylic acids is 2. The number of benzene rings is 1. The Morgan fingerprint density at radius 2 is 1.85 bits per heavy atom. The van der Waals surface area contributed by atoms with E-state index in [0.717, 1.165) is 12.0 Å². The minimum absolute atomic E-state index is 0.192. The average molecular weight is 523 g/mol. The quantitative estimate of drug-likeness (QED) is 0.214. The van der Waals surface area contributed by atoms with E-state index in [4.69, 9.17) is 24.7 Å². The number of rotatable bonds is 9. The van der Waals surface area contributed by atoms with E-state index in [1.54, 1.807) is 51.5 Å². The fourth-order valence-electron chi connectivity index (χ4n) is 4.30. The molecule has 0 aliphatic heterocycles. The van der Waals surface area contributed by atoms with Crippen molar-refractivity contribution in [3.63, 3.8) is 0 Å². The van der Waals surface area contributed by atoms with Gasteiger partial charge in [-0.15, -0.1) is 0 Å². The highest BCUT2D eigenvalue weighted by Gasteiger charge is 2.23. The molecule has 0 fully saturated rings. The summed E-state index contributed by atoms with van der Waals surface area (Å²) in [7, 11) is 1.33. The van der Waals surface area contributed by atoms with E-state index in [9.17, 15) is 9.59 Å². The molecule has 0 saturated heterocycles. The van der Waals surface area contributed by atoms with Crippen molar-refractivity contribution in [2.75, 3.05) is 19.0 Å². The van der Waals surface area contributed by atoms with Gasteiger partial charge in [0.15, 0.2) is 11.6 Å². The van der Waals surface area contributed by atoms with Crippen LogP contribution >= 0.6 is 0 Å². The van der Waals surface area contributed by atoms with Gasteiger partial charge in [-0.3, -0.25) is 13.6 Å². The van der Waals surface area contributed by atoms with Gasteiger partial charge in [0.05, 0.1) is 36.4 Å². The number of methoxy groups -OCH3 is 1. The first-order valence-electron chi connectivity index (χ1n) is 12.4. The van der Waals surface area contributed by atoms with Gasteiger partial charge in [0, 0.05) is 31.9 Å². The summed E-state index contributed by atoms with van der Waals surface area (Å²) in [6.07, 6.45) is 4.27. The van der Waals surface area contributed by atoms with Crippen molar-refractivity contribution in [3.8, 4) is 23.2 Å². The summed E-state index contributed by atoms with van der Waals surface area (Å²) in [5.74, 6) is 0.837. The zero-order valence-electron chi connectivity index (χ0n) is 21.8. The molecule has 0 radical (unpaired) electrons. The lowest BCUT2D eigenvalue weighted by molar-refractivity contribution is 0.0600. The molecule has 1 aromatic carbocycles. The molecule has 196 valence electrons.